The highest BCUT2D eigenvalue weighted by Crippen LogP contribution is 2.31. The van der Waals surface area contributed by atoms with Crippen molar-refractivity contribution >= 4 is 23.7 Å². The number of rotatable bonds is 7. The first-order valence-corrected chi connectivity index (χ1v) is 8.22. The maximum atomic E-state index is 5.12. The van der Waals surface area contributed by atoms with Crippen molar-refractivity contribution in [2.24, 2.45) is 0 Å². The summed E-state index contributed by atoms with van der Waals surface area (Å²) in [6.45, 7) is 4.99. The van der Waals surface area contributed by atoms with Gasteiger partial charge in [0, 0.05) is 17.8 Å². The summed E-state index contributed by atoms with van der Waals surface area (Å²) >= 11 is 2.04. The topological polar surface area (TPSA) is 72.0 Å². The van der Waals surface area contributed by atoms with Crippen LogP contribution >= 0.6 is 11.8 Å². The second kappa shape index (κ2) is 7.52. The summed E-state index contributed by atoms with van der Waals surface area (Å²) in [5, 5.41) is 7.26. The average molecular weight is 297 g/mol. The van der Waals surface area contributed by atoms with Gasteiger partial charge in [-0.3, -0.25) is 0 Å². The third kappa shape index (κ3) is 4.13. The van der Waals surface area contributed by atoms with Crippen LogP contribution in [0.5, 0.6) is 6.01 Å². The fourth-order valence-corrected chi connectivity index (χ4v) is 3.53. The zero-order chi connectivity index (χ0) is 14.4. The van der Waals surface area contributed by atoms with E-state index < -0.39 is 0 Å². The summed E-state index contributed by atoms with van der Waals surface area (Å²) in [5.41, 5.74) is 0. The number of nitrogens with zero attached hydrogens (tertiary/aromatic N) is 3. The molecule has 1 fully saturated rings. The Balaban J connectivity index is 1.99. The van der Waals surface area contributed by atoms with Crippen molar-refractivity contribution in [2.45, 2.75) is 44.4 Å². The van der Waals surface area contributed by atoms with Gasteiger partial charge in [-0.15, -0.1) is 0 Å². The molecule has 1 aliphatic rings. The van der Waals surface area contributed by atoms with Crippen molar-refractivity contribution < 1.29 is 4.74 Å². The quantitative estimate of drug-likeness (QED) is 0.800. The monoisotopic (exact) mass is 297 g/mol. The van der Waals surface area contributed by atoms with Crippen LogP contribution in [0.4, 0.5) is 11.9 Å². The van der Waals surface area contributed by atoms with Crippen molar-refractivity contribution in [1.82, 2.24) is 15.0 Å². The minimum atomic E-state index is 0.343. The van der Waals surface area contributed by atoms with E-state index in [1.807, 2.05) is 18.7 Å². The van der Waals surface area contributed by atoms with Gasteiger partial charge < -0.3 is 15.4 Å². The van der Waals surface area contributed by atoms with Crippen LogP contribution in [0.3, 0.4) is 0 Å². The Hall–Kier alpha value is -1.24. The molecule has 1 saturated carbocycles. The third-order valence-corrected chi connectivity index (χ3v) is 4.49. The summed E-state index contributed by atoms with van der Waals surface area (Å²) in [7, 11) is 1.57. The zero-order valence-electron chi connectivity index (χ0n) is 12.3. The van der Waals surface area contributed by atoms with Crippen LogP contribution in [0.15, 0.2) is 0 Å². The Morgan fingerprint density at radius 3 is 2.70 bits per heavy atom. The molecule has 1 aliphatic carbocycles. The average Bonchev–Trinajstić information content (AvgIpc) is 2.86. The van der Waals surface area contributed by atoms with E-state index in [0.29, 0.717) is 23.9 Å². The number of methoxy groups -OCH3 is 1. The Kier molecular flexibility index (Phi) is 5.70. The molecule has 2 unspecified atom stereocenters. The SMILES string of the molecule is CCNc1nc(NC2CCC(SCC)C2)nc(OC)n1. The number of hydrogen-bond donors (Lipinski definition) is 2. The molecule has 0 amide bonds. The van der Waals surface area contributed by atoms with Gasteiger partial charge in [0.15, 0.2) is 0 Å². The molecule has 1 aromatic heterocycles. The number of thioether (sulfide) groups is 1. The molecule has 0 bridgehead atoms. The van der Waals surface area contributed by atoms with Crippen LogP contribution in [0, 0.1) is 0 Å². The molecule has 0 radical (unpaired) electrons. The van der Waals surface area contributed by atoms with Crippen molar-refractivity contribution in [3.63, 3.8) is 0 Å². The molecule has 1 aromatic rings. The lowest BCUT2D eigenvalue weighted by atomic mass is 10.2. The van der Waals surface area contributed by atoms with Gasteiger partial charge in [0.05, 0.1) is 7.11 Å². The Morgan fingerprint density at radius 1 is 1.20 bits per heavy atom. The Bertz CT molecular complexity index is 431. The minimum Gasteiger partial charge on any atom is -0.467 e. The van der Waals surface area contributed by atoms with Gasteiger partial charge in [-0.1, -0.05) is 6.92 Å². The standard InChI is InChI=1S/C13H23N5OS/c1-4-14-11-16-12(18-13(17-11)19-3)15-9-6-7-10(8-9)20-5-2/h9-10H,4-8H2,1-3H3,(H2,14,15,16,17,18). The van der Waals surface area contributed by atoms with E-state index in [4.69, 9.17) is 4.74 Å². The van der Waals surface area contributed by atoms with Crippen molar-refractivity contribution in [3.8, 4) is 6.01 Å². The smallest absolute Gasteiger partial charge is 0.322 e. The van der Waals surface area contributed by atoms with E-state index >= 15 is 0 Å². The van der Waals surface area contributed by atoms with E-state index in [1.54, 1.807) is 7.11 Å². The van der Waals surface area contributed by atoms with Crippen LogP contribution in [0.2, 0.25) is 0 Å². The largest absolute Gasteiger partial charge is 0.467 e. The van der Waals surface area contributed by atoms with Crippen molar-refractivity contribution in [1.29, 1.82) is 0 Å². The van der Waals surface area contributed by atoms with Crippen molar-refractivity contribution in [3.05, 3.63) is 0 Å². The molecule has 2 atom stereocenters. The van der Waals surface area contributed by atoms with Gasteiger partial charge in [0.1, 0.15) is 0 Å². The molecular weight excluding hydrogens is 274 g/mol. The van der Waals surface area contributed by atoms with E-state index in [1.165, 1.54) is 25.0 Å². The van der Waals surface area contributed by atoms with Crippen LogP contribution in [0.25, 0.3) is 0 Å². The molecule has 0 spiro atoms. The Morgan fingerprint density at radius 2 is 2.00 bits per heavy atom. The van der Waals surface area contributed by atoms with Crippen LogP contribution < -0.4 is 15.4 Å². The maximum absolute atomic E-state index is 5.12. The summed E-state index contributed by atoms with van der Waals surface area (Å²) in [6, 6.07) is 0.788. The van der Waals surface area contributed by atoms with E-state index in [0.717, 1.165) is 11.8 Å². The lowest BCUT2D eigenvalue weighted by Crippen LogP contribution is -2.19. The highest BCUT2D eigenvalue weighted by molar-refractivity contribution is 7.99. The number of hydrogen-bond acceptors (Lipinski definition) is 7. The molecule has 20 heavy (non-hydrogen) atoms. The van der Waals surface area contributed by atoms with Crippen LogP contribution in [0.1, 0.15) is 33.1 Å². The fraction of sp³-hybridized carbons (Fsp3) is 0.769. The van der Waals surface area contributed by atoms with E-state index in [-0.39, 0.29) is 0 Å². The molecule has 1 heterocycles. The number of nitrogens with one attached hydrogen (secondary N) is 2. The first kappa shape index (κ1) is 15.2. The molecule has 112 valence electrons. The maximum Gasteiger partial charge on any atom is 0.322 e. The molecule has 2 rings (SSSR count). The second-order valence-electron chi connectivity index (χ2n) is 4.73. The second-order valence-corrected chi connectivity index (χ2v) is 6.31. The molecule has 0 saturated heterocycles. The van der Waals surface area contributed by atoms with Gasteiger partial charge >= 0.3 is 6.01 Å². The van der Waals surface area contributed by atoms with Crippen molar-refractivity contribution in [2.75, 3.05) is 30.0 Å². The number of anilines is 2. The zero-order valence-corrected chi connectivity index (χ0v) is 13.2. The first-order valence-electron chi connectivity index (χ1n) is 7.17. The summed E-state index contributed by atoms with van der Waals surface area (Å²) in [5.74, 6) is 2.33. The third-order valence-electron chi connectivity index (χ3n) is 3.25. The van der Waals surface area contributed by atoms with Gasteiger partial charge in [-0.25, -0.2) is 0 Å². The number of aromatic nitrogens is 3. The van der Waals surface area contributed by atoms with Gasteiger partial charge in [0.25, 0.3) is 0 Å². The lowest BCUT2D eigenvalue weighted by molar-refractivity contribution is 0.379. The highest BCUT2D eigenvalue weighted by Gasteiger charge is 2.25. The van der Waals surface area contributed by atoms with Crippen LogP contribution in [-0.4, -0.2) is 45.7 Å². The predicted octanol–water partition coefficient (Wildman–Crippen LogP) is 2.40. The minimum absolute atomic E-state index is 0.343. The molecule has 7 heteroatoms. The summed E-state index contributed by atoms with van der Waals surface area (Å²) in [4.78, 5) is 12.8. The van der Waals surface area contributed by atoms with Crippen LogP contribution in [-0.2, 0) is 0 Å². The Labute approximate surface area is 124 Å². The normalized spacial score (nSPS) is 21.8. The molecule has 0 aromatic carbocycles. The summed E-state index contributed by atoms with van der Waals surface area (Å²) in [6.07, 6.45) is 3.60. The van der Waals surface area contributed by atoms with Gasteiger partial charge in [-0.05, 0) is 31.9 Å². The highest BCUT2D eigenvalue weighted by atomic mass is 32.2. The molecule has 2 N–H and O–H groups in total. The number of ether oxygens (including phenoxy) is 1. The lowest BCUT2D eigenvalue weighted by Gasteiger charge is -2.14. The fourth-order valence-electron chi connectivity index (χ4n) is 2.39. The van der Waals surface area contributed by atoms with Gasteiger partial charge in [-0.2, -0.15) is 26.7 Å². The first-order chi connectivity index (χ1) is 9.75. The van der Waals surface area contributed by atoms with E-state index in [2.05, 4.69) is 32.5 Å². The molecule has 6 nitrogen and oxygen atoms in total. The predicted molar refractivity (Wildman–Crippen MR) is 83.7 cm³/mol. The molecular formula is C13H23N5OS. The summed E-state index contributed by atoms with van der Waals surface area (Å²) < 4.78 is 5.12. The van der Waals surface area contributed by atoms with Gasteiger partial charge in [0.2, 0.25) is 11.9 Å². The molecule has 0 aliphatic heterocycles. The van der Waals surface area contributed by atoms with E-state index in [9.17, 15) is 0 Å².